The second-order valence-corrected chi connectivity index (χ2v) is 3.26. The Hall–Kier alpha value is -0.630. The molecule has 0 aliphatic carbocycles. The maximum Gasteiger partial charge on any atom is 0.142 e. The van der Waals surface area contributed by atoms with Gasteiger partial charge in [-0.1, -0.05) is 13.0 Å². The minimum atomic E-state index is 0.194. The number of carbonyl (C=O) groups is 1. The van der Waals surface area contributed by atoms with Gasteiger partial charge in [0.15, 0.2) is 0 Å². The zero-order valence-electron chi connectivity index (χ0n) is 6.88. The predicted molar refractivity (Wildman–Crippen MR) is 43.4 cm³/mol. The molecule has 0 spiro atoms. The Labute approximate surface area is 67.2 Å². The van der Waals surface area contributed by atoms with Gasteiger partial charge in [-0.25, -0.2) is 0 Å². The third-order valence-electron chi connectivity index (χ3n) is 2.21. The summed E-state index contributed by atoms with van der Waals surface area (Å²) in [5.41, 5.74) is 0.194. The number of hydrogen-bond donors (Lipinski definition) is 0. The number of rotatable bonds is 2. The molecular formula is C9H14O2. The molecule has 1 heterocycles. The summed E-state index contributed by atoms with van der Waals surface area (Å²) in [6.07, 6.45) is 6.46. The van der Waals surface area contributed by atoms with Gasteiger partial charge in [0, 0.05) is 13.2 Å². The molecule has 0 aromatic rings. The molecule has 2 nitrogen and oxygen atoms in total. The summed E-state index contributed by atoms with van der Waals surface area (Å²) >= 11 is 0. The highest BCUT2D eigenvalue weighted by Gasteiger charge is 2.23. The van der Waals surface area contributed by atoms with Crippen LogP contribution in [0.2, 0.25) is 0 Å². The lowest BCUT2D eigenvalue weighted by molar-refractivity contribution is -0.104. The fourth-order valence-electron chi connectivity index (χ4n) is 1.28. The molecule has 2 heteroatoms. The zero-order chi connectivity index (χ0) is 8.16. The molecule has 0 saturated carbocycles. The van der Waals surface area contributed by atoms with E-state index in [1.165, 1.54) is 0 Å². The summed E-state index contributed by atoms with van der Waals surface area (Å²) in [5, 5.41) is 0. The van der Waals surface area contributed by atoms with Crippen molar-refractivity contribution in [1.82, 2.24) is 0 Å². The van der Waals surface area contributed by atoms with Crippen LogP contribution in [0.5, 0.6) is 0 Å². The highest BCUT2D eigenvalue weighted by molar-refractivity contribution is 5.64. The third kappa shape index (κ3) is 2.46. The van der Waals surface area contributed by atoms with E-state index in [0.717, 1.165) is 32.3 Å². The summed E-state index contributed by atoms with van der Waals surface area (Å²) in [7, 11) is 0. The Balaban J connectivity index is 2.49. The first-order valence-corrected chi connectivity index (χ1v) is 3.98. The van der Waals surface area contributed by atoms with Gasteiger partial charge in [-0.2, -0.15) is 0 Å². The lowest BCUT2D eigenvalue weighted by Crippen LogP contribution is -2.24. The van der Waals surface area contributed by atoms with Gasteiger partial charge in [-0.3, -0.25) is 4.79 Å². The number of ether oxygens (including phenoxy) is 1. The van der Waals surface area contributed by atoms with E-state index >= 15 is 0 Å². The Morgan fingerprint density at radius 1 is 1.36 bits per heavy atom. The van der Waals surface area contributed by atoms with Crippen molar-refractivity contribution in [1.29, 1.82) is 0 Å². The van der Waals surface area contributed by atoms with Crippen molar-refractivity contribution in [2.24, 2.45) is 5.41 Å². The standard InChI is InChI=1S/C9H14O2/c1-9(3-2-6-10)4-7-11-8-5-9/h2-3,6H,4-5,7-8H2,1H3/b3-2+. The molecule has 1 aliphatic rings. The molecule has 0 aromatic carbocycles. The Kier molecular flexibility index (Phi) is 2.83. The fourth-order valence-corrected chi connectivity index (χ4v) is 1.28. The number of hydrogen-bond acceptors (Lipinski definition) is 2. The minimum Gasteiger partial charge on any atom is -0.381 e. The number of carbonyl (C=O) groups excluding carboxylic acids is 1. The van der Waals surface area contributed by atoms with Crippen LogP contribution < -0.4 is 0 Å². The van der Waals surface area contributed by atoms with Crippen LogP contribution in [0.3, 0.4) is 0 Å². The van der Waals surface area contributed by atoms with Crippen LogP contribution in [0, 0.1) is 5.41 Å². The highest BCUT2D eigenvalue weighted by atomic mass is 16.5. The molecule has 0 atom stereocenters. The summed E-state index contributed by atoms with van der Waals surface area (Å²) in [6.45, 7) is 3.80. The van der Waals surface area contributed by atoms with Crippen molar-refractivity contribution in [3.8, 4) is 0 Å². The van der Waals surface area contributed by atoms with Gasteiger partial charge >= 0.3 is 0 Å². The summed E-state index contributed by atoms with van der Waals surface area (Å²) in [4.78, 5) is 10.1. The van der Waals surface area contributed by atoms with Crippen molar-refractivity contribution >= 4 is 6.29 Å². The van der Waals surface area contributed by atoms with Gasteiger partial charge in [0.25, 0.3) is 0 Å². The third-order valence-corrected chi connectivity index (χ3v) is 2.21. The number of aldehydes is 1. The normalized spacial score (nSPS) is 23.7. The van der Waals surface area contributed by atoms with Crippen molar-refractivity contribution in [3.05, 3.63) is 12.2 Å². The fraction of sp³-hybridized carbons (Fsp3) is 0.667. The molecule has 62 valence electrons. The van der Waals surface area contributed by atoms with Crippen LogP contribution in [0.4, 0.5) is 0 Å². The van der Waals surface area contributed by atoms with E-state index in [-0.39, 0.29) is 5.41 Å². The highest BCUT2D eigenvalue weighted by Crippen LogP contribution is 2.30. The Morgan fingerprint density at radius 3 is 2.55 bits per heavy atom. The first-order valence-electron chi connectivity index (χ1n) is 3.98. The Bertz CT molecular complexity index is 155. The van der Waals surface area contributed by atoms with Crippen molar-refractivity contribution in [2.45, 2.75) is 19.8 Å². The summed E-state index contributed by atoms with van der Waals surface area (Å²) < 4.78 is 5.22. The molecule has 1 rings (SSSR count). The van der Waals surface area contributed by atoms with Crippen LogP contribution in [-0.4, -0.2) is 19.5 Å². The van der Waals surface area contributed by atoms with E-state index in [1.54, 1.807) is 6.08 Å². The van der Waals surface area contributed by atoms with Crippen molar-refractivity contribution in [3.63, 3.8) is 0 Å². The van der Waals surface area contributed by atoms with Gasteiger partial charge in [-0.15, -0.1) is 0 Å². The van der Waals surface area contributed by atoms with E-state index in [0.29, 0.717) is 0 Å². The van der Waals surface area contributed by atoms with Crippen molar-refractivity contribution in [2.75, 3.05) is 13.2 Å². The molecule has 0 radical (unpaired) electrons. The molecular weight excluding hydrogens is 140 g/mol. The van der Waals surface area contributed by atoms with E-state index < -0.39 is 0 Å². The molecule has 0 unspecified atom stereocenters. The first kappa shape index (κ1) is 8.47. The van der Waals surface area contributed by atoms with Crippen LogP contribution in [-0.2, 0) is 9.53 Å². The monoisotopic (exact) mass is 154 g/mol. The number of allylic oxidation sites excluding steroid dienone is 2. The van der Waals surface area contributed by atoms with Gasteiger partial charge in [0.2, 0.25) is 0 Å². The first-order chi connectivity index (χ1) is 5.27. The summed E-state index contributed by atoms with van der Waals surface area (Å²) in [5.74, 6) is 0. The minimum absolute atomic E-state index is 0.194. The van der Waals surface area contributed by atoms with E-state index in [9.17, 15) is 4.79 Å². The van der Waals surface area contributed by atoms with Crippen LogP contribution in [0.15, 0.2) is 12.2 Å². The zero-order valence-corrected chi connectivity index (χ0v) is 6.88. The molecule has 1 fully saturated rings. The molecule has 11 heavy (non-hydrogen) atoms. The van der Waals surface area contributed by atoms with E-state index in [1.807, 2.05) is 6.08 Å². The van der Waals surface area contributed by atoms with Gasteiger partial charge in [-0.05, 0) is 24.3 Å². The summed E-state index contributed by atoms with van der Waals surface area (Å²) in [6, 6.07) is 0. The molecule has 0 aromatic heterocycles. The van der Waals surface area contributed by atoms with Crippen LogP contribution in [0.1, 0.15) is 19.8 Å². The van der Waals surface area contributed by atoms with Crippen LogP contribution in [0.25, 0.3) is 0 Å². The molecule has 0 N–H and O–H groups in total. The maximum atomic E-state index is 10.1. The average Bonchev–Trinajstić information content (AvgIpc) is 2.03. The SMILES string of the molecule is CC1(/C=C/C=O)CCOCC1. The molecule has 1 saturated heterocycles. The molecule has 0 amide bonds. The van der Waals surface area contributed by atoms with E-state index in [2.05, 4.69) is 6.92 Å². The lowest BCUT2D eigenvalue weighted by atomic mass is 9.82. The van der Waals surface area contributed by atoms with Crippen molar-refractivity contribution < 1.29 is 9.53 Å². The van der Waals surface area contributed by atoms with Gasteiger partial charge in [0.05, 0.1) is 0 Å². The van der Waals surface area contributed by atoms with Crippen LogP contribution >= 0.6 is 0 Å². The topological polar surface area (TPSA) is 26.3 Å². The quantitative estimate of drug-likeness (QED) is 0.445. The van der Waals surface area contributed by atoms with Gasteiger partial charge in [0.1, 0.15) is 6.29 Å². The maximum absolute atomic E-state index is 10.1. The predicted octanol–water partition coefficient (Wildman–Crippen LogP) is 1.56. The van der Waals surface area contributed by atoms with E-state index in [4.69, 9.17) is 4.74 Å². The molecule has 0 bridgehead atoms. The largest absolute Gasteiger partial charge is 0.381 e. The lowest BCUT2D eigenvalue weighted by Gasteiger charge is -2.30. The van der Waals surface area contributed by atoms with Gasteiger partial charge < -0.3 is 4.74 Å². The average molecular weight is 154 g/mol. The molecule has 1 aliphatic heterocycles. The second kappa shape index (κ2) is 3.67. The smallest absolute Gasteiger partial charge is 0.142 e. The Morgan fingerprint density at radius 2 is 2.00 bits per heavy atom. The second-order valence-electron chi connectivity index (χ2n) is 3.26.